The molecule has 5 nitrogen and oxygen atoms in total. The molecule has 0 saturated carbocycles. The summed E-state index contributed by atoms with van der Waals surface area (Å²) < 4.78 is 0. The van der Waals surface area contributed by atoms with Crippen LogP contribution in [0.4, 0.5) is 0 Å². The number of nitrogens with two attached hydrogens (primary N) is 1. The fourth-order valence-corrected chi connectivity index (χ4v) is 2.21. The van der Waals surface area contributed by atoms with Gasteiger partial charge in [0.1, 0.15) is 0 Å². The van der Waals surface area contributed by atoms with Gasteiger partial charge in [0.15, 0.2) is 0 Å². The summed E-state index contributed by atoms with van der Waals surface area (Å²) in [5.74, 6) is -0.0959. The van der Waals surface area contributed by atoms with Crippen LogP contribution in [0.1, 0.15) is 66.7 Å². The Morgan fingerprint density at radius 1 is 1.00 bits per heavy atom. The van der Waals surface area contributed by atoms with Gasteiger partial charge in [-0.25, -0.2) is 0 Å². The molecular formula is C17H33N3O2. The SMILES string of the molecule is C=C(C)C(=O)NC(C)(C)CCCC(=O)NC(C)(C)CCCN. The van der Waals surface area contributed by atoms with Crippen molar-refractivity contribution in [2.45, 2.75) is 77.8 Å². The van der Waals surface area contributed by atoms with E-state index >= 15 is 0 Å². The fourth-order valence-electron chi connectivity index (χ4n) is 2.21. The van der Waals surface area contributed by atoms with E-state index in [4.69, 9.17) is 5.73 Å². The maximum Gasteiger partial charge on any atom is 0.246 e. The first-order valence-electron chi connectivity index (χ1n) is 7.98. The van der Waals surface area contributed by atoms with E-state index in [1.165, 1.54) is 0 Å². The minimum atomic E-state index is -0.342. The Labute approximate surface area is 135 Å². The van der Waals surface area contributed by atoms with Crippen LogP contribution in [0.25, 0.3) is 0 Å². The Bertz CT molecular complexity index is 401. The number of hydrogen-bond donors (Lipinski definition) is 3. The van der Waals surface area contributed by atoms with E-state index in [0.29, 0.717) is 18.5 Å². The second-order valence-corrected chi connectivity index (χ2v) is 7.30. The average Bonchev–Trinajstić information content (AvgIpc) is 2.34. The molecule has 0 aliphatic carbocycles. The molecule has 0 fully saturated rings. The van der Waals surface area contributed by atoms with Gasteiger partial charge >= 0.3 is 0 Å². The molecule has 0 aromatic carbocycles. The summed E-state index contributed by atoms with van der Waals surface area (Å²) in [5.41, 5.74) is 5.43. The normalized spacial score (nSPS) is 11.9. The molecular weight excluding hydrogens is 278 g/mol. The molecule has 0 rings (SSSR count). The molecule has 0 unspecified atom stereocenters. The highest BCUT2D eigenvalue weighted by atomic mass is 16.2. The first kappa shape index (κ1) is 20.6. The standard InChI is InChI=1S/C17H33N3O2/c1-13(2)15(22)20-17(5,6)10-7-9-14(21)19-16(3,4)11-8-12-18/h1,7-12,18H2,2-6H3,(H,19,21)(H,20,22). The lowest BCUT2D eigenvalue weighted by atomic mass is 9.95. The Morgan fingerprint density at radius 3 is 2.00 bits per heavy atom. The molecule has 5 heteroatoms. The van der Waals surface area contributed by atoms with Gasteiger partial charge < -0.3 is 16.4 Å². The molecule has 0 aliphatic rings. The van der Waals surface area contributed by atoms with Gasteiger partial charge in [0.05, 0.1) is 0 Å². The molecule has 2 amide bonds. The van der Waals surface area contributed by atoms with E-state index in [1.54, 1.807) is 6.92 Å². The van der Waals surface area contributed by atoms with Crippen LogP contribution < -0.4 is 16.4 Å². The van der Waals surface area contributed by atoms with Gasteiger partial charge in [-0.2, -0.15) is 0 Å². The van der Waals surface area contributed by atoms with Gasteiger partial charge in [0.2, 0.25) is 11.8 Å². The zero-order valence-corrected chi connectivity index (χ0v) is 14.8. The zero-order valence-electron chi connectivity index (χ0n) is 14.8. The van der Waals surface area contributed by atoms with Crippen LogP contribution in [-0.2, 0) is 9.59 Å². The third-order valence-corrected chi connectivity index (χ3v) is 3.53. The second-order valence-electron chi connectivity index (χ2n) is 7.30. The lowest BCUT2D eigenvalue weighted by Gasteiger charge is -2.28. The number of carbonyl (C=O) groups excluding carboxylic acids is 2. The van der Waals surface area contributed by atoms with Crippen molar-refractivity contribution < 1.29 is 9.59 Å². The number of amides is 2. The average molecular weight is 311 g/mol. The van der Waals surface area contributed by atoms with Crippen LogP contribution in [0.15, 0.2) is 12.2 Å². The Hall–Kier alpha value is -1.36. The Kier molecular flexibility index (Phi) is 8.38. The Morgan fingerprint density at radius 2 is 1.50 bits per heavy atom. The van der Waals surface area contributed by atoms with Crippen molar-refractivity contribution in [3.63, 3.8) is 0 Å². The van der Waals surface area contributed by atoms with Gasteiger partial charge in [-0.1, -0.05) is 6.58 Å². The lowest BCUT2D eigenvalue weighted by Crippen LogP contribution is -2.45. The monoisotopic (exact) mass is 311 g/mol. The summed E-state index contributed by atoms with van der Waals surface area (Å²) in [6.45, 7) is 13.9. The van der Waals surface area contributed by atoms with Gasteiger partial charge in [0, 0.05) is 23.1 Å². The molecule has 0 spiro atoms. The minimum Gasteiger partial charge on any atom is -0.351 e. The van der Waals surface area contributed by atoms with Crippen LogP contribution >= 0.6 is 0 Å². The van der Waals surface area contributed by atoms with Crippen molar-refractivity contribution in [2.75, 3.05) is 6.54 Å². The maximum absolute atomic E-state index is 12.0. The summed E-state index contributed by atoms with van der Waals surface area (Å²) in [6, 6.07) is 0. The van der Waals surface area contributed by atoms with Crippen LogP contribution in [0.5, 0.6) is 0 Å². The van der Waals surface area contributed by atoms with Crippen LogP contribution in [-0.4, -0.2) is 29.4 Å². The highest BCUT2D eigenvalue weighted by Crippen LogP contribution is 2.15. The smallest absolute Gasteiger partial charge is 0.246 e. The minimum absolute atomic E-state index is 0.0454. The molecule has 0 radical (unpaired) electrons. The summed E-state index contributed by atoms with van der Waals surface area (Å²) in [4.78, 5) is 23.6. The van der Waals surface area contributed by atoms with Crippen LogP contribution in [0.3, 0.4) is 0 Å². The predicted molar refractivity (Wildman–Crippen MR) is 91.4 cm³/mol. The van der Waals surface area contributed by atoms with Crippen molar-refractivity contribution in [3.05, 3.63) is 12.2 Å². The third-order valence-electron chi connectivity index (χ3n) is 3.53. The Balaban J connectivity index is 4.15. The molecule has 0 heterocycles. The molecule has 0 bridgehead atoms. The molecule has 0 aromatic rings. The number of hydrogen-bond acceptors (Lipinski definition) is 3. The number of rotatable bonds is 10. The van der Waals surface area contributed by atoms with Crippen molar-refractivity contribution in [2.24, 2.45) is 5.73 Å². The predicted octanol–water partition coefficient (Wildman–Crippen LogP) is 2.26. The van der Waals surface area contributed by atoms with Gasteiger partial charge in [0.25, 0.3) is 0 Å². The lowest BCUT2D eigenvalue weighted by molar-refractivity contribution is -0.122. The van der Waals surface area contributed by atoms with E-state index in [0.717, 1.165) is 25.7 Å². The van der Waals surface area contributed by atoms with E-state index in [2.05, 4.69) is 17.2 Å². The molecule has 0 saturated heterocycles. The molecule has 0 aromatic heterocycles. The molecule has 0 atom stereocenters. The number of nitrogens with one attached hydrogen (secondary N) is 2. The van der Waals surface area contributed by atoms with Crippen molar-refractivity contribution in [1.82, 2.24) is 10.6 Å². The summed E-state index contributed by atoms with van der Waals surface area (Å²) in [7, 11) is 0. The van der Waals surface area contributed by atoms with Crippen molar-refractivity contribution in [3.8, 4) is 0 Å². The molecule has 128 valence electrons. The van der Waals surface area contributed by atoms with Crippen molar-refractivity contribution >= 4 is 11.8 Å². The quantitative estimate of drug-likeness (QED) is 0.541. The number of carbonyl (C=O) groups is 2. The van der Waals surface area contributed by atoms with Gasteiger partial charge in [-0.05, 0) is 66.8 Å². The van der Waals surface area contributed by atoms with Crippen LogP contribution in [0, 0.1) is 0 Å². The molecule has 22 heavy (non-hydrogen) atoms. The summed E-state index contributed by atoms with van der Waals surface area (Å²) in [6.07, 6.45) is 3.69. The van der Waals surface area contributed by atoms with E-state index in [1.807, 2.05) is 27.7 Å². The summed E-state index contributed by atoms with van der Waals surface area (Å²) >= 11 is 0. The van der Waals surface area contributed by atoms with Crippen LogP contribution in [0.2, 0.25) is 0 Å². The zero-order chi connectivity index (χ0) is 17.4. The third kappa shape index (κ3) is 9.55. The fraction of sp³-hybridized carbons (Fsp3) is 0.765. The van der Waals surface area contributed by atoms with Gasteiger partial charge in [-0.15, -0.1) is 0 Å². The highest BCUT2D eigenvalue weighted by Gasteiger charge is 2.22. The highest BCUT2D eigenvalue weighted by molar-refractivity contribution is 5.92. The van der Waals surface area contributed by atoms with E-state index in [-0.39, 0.29) is 22.9 Å². The maximum atomic E-state index is 12.0. The largest absolute Gasteiger partial charge is 0.351 e. The first-order valence-corrected chi connectivity index (χ1v) is 7.98. The van der Waals surface area contributed by atoms with Crippen molar-refractivity contribution in [1.29, 1.82) is 0 Å². The molecule has 0 aliphatic heterocycles. The first-order chi connectivity index (χ1) is 9.99. The topological polar surface area (TPSA) is 84.2 Å². The summed E-state index contributed by atoms with van der Waals surface area (Å²) in [5, 5.41) is 5.96. The van der Waals surface area contributed by atoms with E-state index in [9.17, 15) is 9.59 Å². The second kappa shape index (κ2) is 8.93. The van der Waals surface area contributed by atoms with E-state index < -0.39 is 0 Å². The van der Waals surface area contributed by atoms with Gasteiger partial charge in [-0.3, -0.25) is 9.59 Å². The molecule has 4 N–H and O–H groups in total.